The molecular formula is C41H63ClN6O4. The van der Waals surface area contributed by atoms with Crippen LogP contribution in [0.1, 0.15) is 167 Å². The van der Waals surface area contributed by atoms with Gasteiger partial charge in [0.05, 0.1) is 29.2 Å². The molecule has 1 amide bonds. The van der Waals surface area contributed by atoms with Crippen LogP contribution in [0.15, 0.2) is 30.9 Å². The van der Waals surface area contributed by atoms with Crippen molar-refractivity contribution in [3.05, 3.63) is 41.4 Å². The molecule has 0 aliphatic rings. The summed E-state index contributed by atoms with van der Waals surface area (Å²) >= 11 is 6.49. The Bertz CT molecular complexity index is 1540. The number of aromatic nitrogens is 4. The second kappa shape index (κ2) is 23.2. The number of esters is 1. The van der Waals surface area contributed by atoms with Gasteiger partial charge in [0, 0.05) is 12.0 Å². The summed E-state index contributed by atoms with van der Waals surface area (Å²) in [4.78, 5) is 53.9. The number of fused-ring (bicyclic) bond motifs is 1. The monoisotopic (exact) mass is 738 g/mol. The number of ether oxygens (including phenoxy) is 1. The first-order chi connectivity index (χ1) is 25.1. The lowest BCUT2D eigenvalue weighted by atomic mass is 9.86. The van der Waals surface area contributed by atoms with Gasteiger partial charge in [-0.15, -0.1) is 0 Å². The number of hydrogen-bond donors (Lipinski definition) is 2. The highest BCUT2D eigenvalue weighted by Crippen LogP contribution is 2.30. The molecule has 288 valence electrons. The van der Waals surface area contributed by atoms with Gasteiger partial charge in [-0.1, -0.05) is 149 Å². The summed E-state index contributed by atoms with van der Waals surface area (Å²) in [5.74, 6) is -0.902. The van der Waals surface area contributed by atoms with Crippen molar-refractivity contribution in [3.8, 4) is 0 Å². The van der Waals surface area contributed by atoms with Gasteiger partial charge < -0.3 is 15.4 Å². The number of rotatable bonds is 26. The Morgan fingerprint density at radius 2 is 1.37 bits per heavy atom. The number of nitrogens with one attached hydrogen (secondary N) is 2. The molecule has 0 bridgehead atoms. The van der Waals surface area contributed by atoms with Gasteiger partial charge in [-0.2, -0.15) is 0 Å². The van der Waals surface area contributed by atoms with Crippen LogP contribution < -0.4 is 10.6 Å². The van der Waals surface area contributed by atoms with E-state index in [1.807, 2.05) is 0 Å². The summed E-state index contributed by atoms with van der Waals surface area (Å²) in [5.41, 5.74) is 0.432. The van der Waals surface area contributed by atoms with E-state index in [1.54, 1.807) is 32.9 Å². The Balaban J connectivity index is 1.54. The third kappa shape index (κ3) is 14.1. The summed E-state index contributed by atoms with van der Waals surface area (Å²) in [7, 11) is 0. The highest BCUT2D eigenvalue weighted by atomic mass is 35.5. The molecule has 2 heterocycles. The van der Waals surface area contributed by atoms with Crippen LogP contribution in [0.5, 0.6) is 0 Å². The second-order valence-corrected chi connectivity index (χ2v) is 15.4. The first-order valence-corrected chi connectivity index (χ1v) is 20.2. The number of carbonyl (C=O) groups is 3. The Kier molecular flexibility index (Phi) is 19.1. The van der Waals surface area contributed by atoms with Gasteiger partial charge >= 0.3 is 5.97 Å². The minimum absolute atomic E-state index is 0.206. The molecule has 3 aromatic rings. The molecule has 0 radical (unpaired) electrons. The molecule has 2 N–H and O–H groups in total. The van der Waals surface area contributed by atoms with Gasteiger partial charge in [-0.05, 0) is 31.0 Å². The summed E-state index contributed by atoms with van der Waals surface area (Å²) in [6.45, 7) is 10.8. The first kappa shape index (κ1) is 42.9. The maximum atomic E-state index is 13.9. The van der Waals surface area contributed by atoms with Gasteiger partial charge in [0.2, 0.25) is 0 Å². The van der Waals surface area contributed by atoms with Gasteiger partial charge in [-0.3, -0.25) is 14.2 Å². The fourth-order valence-corrected chi connectivity index (χ4v) is 6.37. The van der Waals surface area contributed by atoms with Crippen LogP contribution in [0.25, 0.3) is 11.2 Å². The summed E-state index contributed by atoms with van der Waals surface area (Å²) in [5, 5.41) is 6.34. The molecule has 1 aromatic carbocycles. The van der Waals surface area contributed by atoms with Gasteiger partial charge in [0.25, 0.3) is 5.91 Å². The van der Waals surface area contributed by atoms with E-state index in [4.69, 9.17) is 16.3 Å². The van der Waals surface area contributed by atoms with Crippen molar-refractivity contribution in [2.75, 3.05) is 23.8 Å². The SMILES string of the molecule is CCCCCCCCCCCCCCCCOC(=O)c1ccc(Cl)c(NC(=O)C(C(=O)C(C)(C)C)n2cnc3c(NCCCCCC)ncnc32)c1. The number of ketones is 1. The second-order valence-electron chi connectivity index (χ2n) is 15.0. The van der Waals surface area contributed by atoms with Crippen LogP contribution in [0.4, 0.5) is 11.5 Å². The number of nitrogens with zero attached hydrogens (tertiary/aromatic N) is 4. The molecule has 0 aliphatic heterocycles. The lowest BCUT2D eigenvalue weighted by Gasteiger charge is -2.25. The molecule has 2 aromatic heterocycles. The lowest BCUT2D eigenvalue weighted by molar-refractivity contribution is -0.135. The van der Waals surface area contributed by atoms with Crippen LogP contribution in [0.2, 0.25) is 5.02 Å². The van der Waals surface area contributed by atoms with E-state index in [-0.39, 0.29) is 22.1 Å². The smallest absolute Gasteiger partial charge is 0.338 e. The Hall–Kier alpha value is -3.53. The molecule has 3 rings (SSSR count). The van der Waals surface area contributed by atoms with Crippen LogP contribution in [-0.4, -0.2) is 50.3 Å². The highest BCUT2D eigenvalue weighted by molar-refractivity contribution is 6.34. The van der Waals surface area contributed by atoms with E-state index in [2.05, 4.69) is 39.4 Å². The minimum Gasteiger partial charge on any atom is -0.462 e. The van der Waals surface area contributed by atoms with Gasteiger partial charge in [0.1, 0.15) is 11.8 Å². The van der Waals surface area contributed by atoms with Crippen LogP contribution in [-0.2, 0) is 14.3 Å². The number of hydrogen-bond acceptors (Lipinski definition) is 8. The molecule has 0 saturated carbocycles. The Labute approximate surface area is 316 Å². The van der Waals surface area contributed by atoms with E-state index in [9.17, 15) is 14.4 Å². The van der Waals surface area contributed by atoms with E-state index >= 15 is 0 Å². The average Bonchev–Trinajstić information content (AvgIpc) is 3.54. The van der Waals surface area contributed by atoms with Crippen LogP contribution >= 0.6 is 11.6 Å². The van der Waals surface area contributed by atoms with E-state index < -0.39 is 23.3 Å². The molecular weight excluding hydrogens is 676 g/mol. The minimum atomic E-state index is -1.30. The summed E-state index contributed by atoms with van der Waals surface area (Å²) < 4.78 is 7.03. The maximum Gasteiger partial charge on any atom is 0.338 e. The molecule has 0 aliphatic carbocycles. The Morgan fingerprint density at radius 3 is 1.96 bits per heavy atom. The van der Waals surface area contributed by atoms with E-state index in [0.29, 0.717) is 23.6 Å². The quantitative estimate of drug-likeness (QED) is 0.0473. The molecule has 1 unspecified atom stereocenters. The zero-order valence-corrected chi connectivity index (χ0v) is 33.2. The Morgan fingerprint density at radius 1 is 0.788 bits per heavy atom. The fraction of sp³-hybridized carbons (Fsp3) is 0.659. The average molecular weight is 739 g/mol. The van der Waals surface area contributed by atoms with Crippen molar-refractivity contribution in [1.82, 2.24) is 19.5 Å². The fourth-order valence-electron chi connectivity index (χ4n) is 6.20. The highest BCUT2D eigenvalue weighted by Gasteiger charge is 2.37. The molecule has 0 saturated heterocycles. The zero-order chi connectivity index (χ0) is 37.8. The number of anilines is 2. The van der Waals surface area contributed by atoms with Crippen molar-refractivity contribution in [3.63, 3.8) is 0 Å². The number of halogens is 1. The van der Waals surface area contributed by atoms with Crippen molar-refractivity contribution in [2.45, 2.75) is 156 Å². The molecule has 1 atom stereocenters. The molecule has 0 fully saturated rings. The largest absolute Gasteiger partial charge is 0.462 e. The van der Waals surface area contributed by atoms with Crippen molar-refractivity contribution in [2.24, 2.45) is 5.41 Å². The normalized spacial score (nSPS) is 12.2. The standard InChI is InChI=1S/C41H63ClN6O4/c1-6-8-10-12-13-14-15-16-17-18-19-20-21-23-27-52-40(51)31-24-25-32(42)33(28-31)47-39(50)35(36(49)41(3,4)5)48-30-46-34-37(44-29-45-38(34)48)43-26-22-11-9-7-2/h24-25,28-30,35H,6-23,26-27H2,1-5H3,(H,47,50)(H,43,44,45). The van der Waals surface area contributed by atoms with E-state index in [0.717, 1.165) is 51.5 Å². The number of unbranched alkanes of at least 4 members (excludes halogenated alkanes) is 16. The third-order valence-corrected chi connectivity index (χ3v) is 9.72. The van der Waals surface area contributed by atoms with Crippen molar-refractivity contribution >= 4 is 51.9 Å². The zero-order valence-electron chi connectivity index (χ0n) is 32.4. The molecule has 11 heteroatoms. The van der Waals surface area contributed by atoms with Crippen LogP contribution in [0, 0.1) is 5.41 Å². The number of carbonyl (C=O) groups excluding carboxylic acids is 3. The predicted molar refractivity (Wildman–Crippen MR) is 212 cm³/mol. The molecule has 0 spiro atoms. The van der Waals surface area contributed by atoms with Crippen molar-refractivity contribution < 1.29 is 19.1 Å². The lowest BCUT2D eigenvalue weighted by Crippen LogP contribution is -2.38. The first-order valence-electron chi connectivity index (χ1n) is 19.8. The summed E-state index contributed by atoms with van der Waals surface area (Å²) in [6.07, 6.45) is 24.8. The molecule has 52 heavy (non-hydrogen) atoms. The summed E-state index contributed by atoms with van der Waals surface area (Å²) in [6, 6.07) is 3.30. The number of imidazole rings is 1. The number of benzene rings is 1. The topological polar surface area (TPSA) is 128 Å². The van der Waals surface area contributed by atoms with Crippen molar-refractivity contribution in [1.29, 1.82) is 0 Å². The number of Topliss-reactive ketones (excluding diaryl/α,β-unsaturated/α-hetero) is 1. The third-order valence-electron chi connectivity index (χ3n) is 9.39. The number of amides is 1. The van der Waals surface area contributed by atoms with Gasteiger partial charge in [0.15, 0.2) is 23.3 Å². The van der Waals surface area contributed by atoms with E-state index in [1.165, 1.54) is 93.9 Å². The predicted octanol–water partition coefficient (Wildman–Crippen LogP) is 10.9. The maximum absolute atomic E-state index is 13.9. The molecule has 10 nitrogen and oxygen atoms in total. The van der Waals surface area contributed by atoms with Crippen LogP contribution in [0.3, 0.4) is 0 Å². The van der Waals surface area contributed by atoms with Gasteiger partial charge in [-0.25, -0.2) is 19.7 Å².